The Morgan fingerprint density at radius 2 is 1.86 bits per heavy atom. The van der Waals surface area contributed by atoms with E-state index in [4.69, 9.17) is 5.73 Å². The zero-order valence-corrected chi connectivity index (χ0v) is 8.30. The highest BCUT2D eigenvalue weighted by molar-refractivity contribution is 7.10. The van der Waals surface area contributed by atoms with Crippen LogP contribution >= 0.6 is 11.3 Å². The first-order chi connectivity index (χ1) is 6.77. The largest absolute Gasteiger partial charge is 0.320 e. The van der Waals surface area contributed by atoms with Gasteiger partial charge >= 0.3 is 0 Å². The molecular formula is C11H10FNS. The normalized spacial score (nSPS) is 12.7. The van der Waals surface area contributed by atoms with Crippen LogP contribution < -0.4 is 5.73 Å². The van der Waals surface area contributed by atoms with E-state index in [1.807, 2.05) is 17.5 Å². The number of nitrogens with two attached hydrogens (primary N) is 1. The first-order valence-corrected chi connectivity index (χ1v) is 5.20. The lowest BCUT2D eigenvalue weighted by Gasteiger charge is -2.09. The highest BCUT2D eigenvalue weighted by atomic mass is 32.1. The zero-order chi connectivity index (χ0) is 9.97. The van der Waals surface area contributed by atoms with Crippen molar-refractivity contribution in [3.8, 4) is 0 Å². The molecule has 0 amide bonds. The van der Waals surface area contributed by atoms with Crippen molar-refractivity contribution in [3.05, 3.63) is 58.0 Å². The first kappa shape index (κ1) is 9.37. The Kier molecular flexibility index (Phi) is 2.61. The van der Waals surface area contributed by atoms with Gasteiger partial charge in [-0.05, 0) is 29.1 Å². The van der Waals surface area contributed by atoms with Gasteiger partial charge in [0.2, 0.25) is 0 Å². The van der Waals surface area contributed by atoms with Crippen molar-refractivity contribution < 1.29 is 4.39 Å². The van der Waals surface area contributed by atoms with E-state index in [0.717, 1.165) is 10.4 Å². The second-order valence-corrected chi connectivity index (χ2v) is 4.02. The van der Waals surface area contributed by atoms with Crippen molar-refractivity contribution in [1.82, 2.24) is 0 Å². The van der Waals surface area contributed by atoms with Crippen LogP contribution in [0, 0.1) is 5.82 Å². The molecule has 0 saturated heterocycles. The van der Waals surface area contributed by atoms with Gasteiger partial charge in [-0.3, -0.25) is 0 Å². The maximum Gasteiger partial charge on any atom is 0.123 e. The lowest BCUT2D eigenvalue weighted by Crippen LogP contribution is -2.09. The van der Waals surface area contributed by atoms with Crippen molar-refractivity contribution in [1.29, 1.82) is 0 Å². The molecule has 0 fully saturated rings. The van der Waals surface area contributed by atoms with Crippen molar-refractivity contribution >= 4 is 11.3 Å². The van der Waals surface area contributed by atoms with Gasteiger partial charge in [-0.1, -0.05) is 18.2 Å². The Bertz CT molecular complexity index is 394. The minimum absolute atomic E-state index is 0.143. The summed E-state index contributed by atoms with van der Waals surface area (Å²) >= 11 is 1.61. The van der Waals surface area contributed by atoms with Crippen LogP contribution in [-0.2, 0) is 0 Å². The van der Waals surface area contributed by atoms with Gasteiger partial charge in [-0.2, -0.15) is 0 Å². The maximum atomic E-state index is 12.7. The Hall–Kier alpha value is -1.19. The molecule has 0 radical (unpaired) electrons. The quantitative estimate of drug-likeness (QED) is 0.805. The second-order valence-electron chi connectivity index (χ2n) is 3.04. The van der Waals surface area contributed by atoms with E-state index in [-0.39, 0.29) is 11.9 Å². The first-order valence-electron chi connectivity index (χ1n) is 4.32. The fourth-order valence-electron chi connectivity index (χ4n) is 1.30. The highest BCUT2D eigenvalue weighted by Gasteiger charge is 2.08. The average molecular weight is 207 g/mol. The van der Waals surface area contributed by atoms with Crippen LogP contribution in [0.2, 0.25) is 0 Å². The van der Waals surface area contributed by atoms with Gasteiger partial charge in [0.05, 0.1) is 6.04 Å². The predicted molar refractivity (Wildman–Crippen MR) is 56.7 cm³/mol. The average Bonchev–Trinajstić information content (AvgIpc) is 2.71. The van der Waals surface area contributed by atoms with Gasteiger partial charge in [0.1, 0.15) is 5.82 Å². The third-order valence-corrected chi connectivity index (χ3v) is 3.03. The number of thiophene rings is 1. The van der Waals surface area contributed by atoms with E-state index >= 15 is 0 Å². The molecule has 1 aromatic carbocycles. The fourth-order valence-corrected chi connectivity index (χ4v) is 2.06. The minimum Gasteiger partial charge on any atom is -0.320 e. The third-order valence-electron chi connectivity index (χ3n) is 2.08. The molecule has 72 valence electrons. The lowest BCUT2D eigenvalue weighted by atomic mass is 10.1. The molecule has 0 aliphatic carbocycles. The number of halogens is 1. The fraction of sp³-hybridized carbons (Fsp3) is 0.0909. The van der Waals surface area contributed by atoms with Crippen LogP contribution in [0.15, 0.2) is 41.8 Å². The van der Waals surface area contributed by atoms with Gasteiger partial charge in [0, 0.05) is 4.88 Å². The number of hydrogen-bond acceptors (Lipinski definition) is 2. The molecule has 2 N–H and O–H groups in total. The highest BCUT2D eigenvalue weighted by Crippen LogP contribution is 2.23. The number of hydrogen-bond donors (Lipinski definition) is 1. The van der Waals surface area contributed by atoms with Crippen LogP contribution in [0.1, 0.15) is 16.5 Å². The lowest BCUT2D eigenvalue weighted by molar-refractivity contribution is 0.626. The summed E-state index contributed by atoms with van der Waals surface area (Å²) in [6.07, 6.45) is 0. The van der Waals surface area contributed by atoms with Crippen LogP contribution in [0.4, 0.5) is 4.39 Å². The Balaban J connectivity index is 2.28. The van der Waals surface area contributed by atoms with Gasteiger partial charge in [0.25, 0.3) is 0 Å². The van der Waals surface area contributed by atoms with E-state index < -0.39 is 0 Å². The number of rotatable bonds is 2. The molecule has 2 rings (SSSR count). The zero-order valence-electron chi connectivity index (χ0n) is 7.48. The molecule has 1 nitrogen and oxygen atoms in total. The van der Waals surface area contributed by atoms with E-state index in [2.05, 4.69) is 0 Å². The standard InChI is InChI=1S/C11H10FNS/c12-9-5-3-8(4-6-9)11(13)10-2-1-7-14-10/h1-7,11H,13H2/t11-/m0/s1. The van der Waals surface area contributed by atoms with Gasteiger partial charge in [-0.15, -0.1) is 11.3 Å². The molecule has 1 heterocycles. The molecule has 0 aliphatic rings. The second kappa shape index (κ2) is 3.90. The van der Waals surface area contributed by atoms with E-state index in [9.17, 15) is 4.39 Å². The summed E-state index contributed by atoms with van der Waals surface area (Å²) in [5.74, 6) is -0.230. The smallest absolute Gasteiger partial charge is 0.123 e. The molecule has 0 saturated carbocycles. The van der Waals surface area contributed by atoms with Crippen LogP contribution in [-0.4, -0.2) is 0 Å². The number of benzene rings is 1. The van der Waals surface area contributed by atoms with Crippen LogP contribution in [0.25, 0.3) is 0 Å². The van der Waals surface area contributed by atoms with Crippen LogP contribution in [0.3, 0.4) is 0 Å². The van der Waals surface area contributed by atoms with Gasteiger partial charge < -0.3 is 5.73 Å². The predicted octanol–water partition coefficient (Wildman–Crippen LogP) is 2.94. The molecule has 2 aromatic rings. The van der Waals surface area contributed by atoms with Crippen molar-refractivity contribution in [2.24, 2.45) is 5.73 Å². The maximum absolute atomic E-state index is 12.7. The molecule has 14 heavy (non-hydrogen) atoms. The van der Waals surface area contributed by atoms with E-state index in [0.29, 0.717) is 0 Å². The molecule has 0 spiro atoms. The van der Waals surface area contributed by atoms with Crippen molar-refractivity contribution in [2.45, 2.75) is 6.04 Å². The monoisotopic (exact) mass is 207 g/mol. The molecule has 0 bridgehead atoms. The Labute approximate surface area is 86.0 Å². The summed E-state index contributed by atoms with van der Waals surface area (Å²) in [6, 6.07) is 10.1. The topological polar surface area (TPSA) is 26.0 Å². The van der Waals surface area contributed by atoms with Gasteiger partial charge in [0.15, 0.2) is 0 Å². The Morgan fingerprint density at radius 1 is 1.14 bits per heavy atom. The van der Waals surface area contributed by atoms with Gasteiger partial charge in [-0.25, -0.2) is 4.39 Å². The summed E-state index contributed by atoms with van der Waals surface area (Å²) in [6.45, 7) is 0. The third kappa shape index (κ3) is 1.84. The summed E-state index contributed by atoms with van der Waals surface area (Å²) in [5, 5.41) is 1.98. The molecular weight excluding hydrogens is 197 g/mol. The van der Waals surface area contributed by atoms with Crippen LogP contribution in [0.5, 0.6) is 0 Å². The SMILES string of the molecule is N[C@@H](c1ccc(F)cc1)c1cccs1. The minimum atomic E-state index is -0.230. The molecule has 1 aromatic heterocycles. The summed E-state index contributed by atoms with van der Waals surface area (Å²) in [7, 11) is 0. The van der Waals surface area contributed by atoms with E-state index in [1.54, 1.807) is 23.5 Å². The summed E-state index contributed by atoms with van der Waals surface area (Å²) in [5.41, 5.74) is 6.94. The molecule has 0 aliphatic heterocycles. The Morgan fingerprint density at radius 3 is 2.43 bits per heavy atom. The molecule has 0 unspecified atom stereocenters. The summed E-state index contributed by atoms with van der Waals surface area (Å²) in [4.78, 5) is 1.09. The van der Waals surface area contributed by atoms with Crippen molar-refractivity contribution in [2.75, 3.05) is 0 Å². The van der Waals surface area contributed by atoms with E-state index in [1.165, 1.54) is 12.1 Å². The molecule has 1 atom stereocenters. The molecule has 3 heteroatoms. The summed E-state index contributed by atoms with van der Waals surface area (Å²) < 4.78 is 12.7. The van der Waals surface area contributed by atoms with Crippen molar-refractivity contribution in [3.63, 3.8) is 0 Å².